The van der Waals surface area contributed by atoms with Gasteiger partial charge in [-0.15, -0.1) is 0 Å². The second-order valence-electron chi connectivity index (χ2n) is 5.30. The molecular formula is C16H25N3O2. The highest BCUT2D eigenvalue weighted by atomic mass is 16.5. The first-order valence-corrected chi connectivity index (χ1v) is 7.42. The fraction of sp³-hybridized carbons (Fsp3) is 0.562. The van der Waals surface area contributed by atoms with Gasteiger partial charge < -0.3 is 20.1 Å². The molecule has 21 heavy (non-hydrogen) atoms. The maximum atomic E-state index is 5.59. The van der Waals surface area contributed by atoms with E-state index >= 15 is 0 Å². The van der Waals surface area contributed by atoms with Gasteiger partial charge in [0.25, 0.3) is 0 Å². The topological polar surface area (TPSA) is 54.9 Å². The highest BCUT2D eigenvalue weighted by Gasteiger charge is 2.15. The molecule has 1 fully saturated rings. The van der Waals surface area contributed by atoms with Crippen LogP contribution in [0.5, 0.6) is 5.75 Å². The Balaban J connectivity index is 1.83. The molecule has 1 aliphatic rings. The van der Waals surface area contributed by atoms with E-state index < -0.39 is 0 Å². The third-order valence-electron chi connectivity index (χ3n) is 3.55. The Morgan fingerprint density at radius 2 is 2.24 bits per heavy atom. The lowest BCUT2D eigenvalue weighted by Gasteiger charge is -2.15. The summed E-state index contributed by atoms with van der Waals surface area (Å²) in [6.45, 7) is 4.46. The minimum absolute atomic E-state index is 0.308. The van der Waals surface area contributed by atoms with E-state index in [2.05, 4.69) is 28.6 Å². The molecule has 0 radical (unpaired) electrons. The Kier molecular flexibility index (Phi) is 5.87. The Hall–Kier alpha value is -1.75. The molecule has 1 aromatic rings. The molecule has 5 heteroatoms. The van der Waals surface area contributed by atoms with Gasteiger partial charge in [-0.05, 0) is 43.0 Å². The van der Waals surface area contributed by atoms with Crippen molar-refractivity contribution >= 4 is 5.96 Å². The molecule has 1 heterocycles. The minimum Gasteiger partial charge on any atom is -0.497 e. The van der Waals surface area contributed by atoms with E-state index in [0.29, 0.717) is 12.6 Å². The number of hydrogen-bond donors (Lipinski definition) is 2. The van der Waals surface area contributed by atoms with Crippen LogP contribution < -0.4 is 15.4 Å². The highest BCUT2D eigenvalue weighted by molar-refractivity contribution is 5.79. The SMILES string of the molecule is CN=C(NCc1cc(C)cc(OC)c1)NCC1CCCO1. The number of hydrogen-bond acceptors (Lipinski definition) is 3. The zero-order valence-corrected chi connectivity index (χ0v) is 13.1. The molecule has 2 N–H and O–H groups in total. The standard InChI is InChI=1S/C16H25N3O2/c1-12-7-13(9-15(8-12)20-3)10-18-16(17-2)19-11-14-5-4-6-21-14/h7-9,14H,4-6,10-11H2,1-3H3,(H2,17,18,19). The van der Waals surface area contributed by atoms with Gasteiger partial charge in [0.1, 0.15) is 5.75 Å². The van der Waals surface area contributed by atoms with Gasteiger partial charge in [-0.25, -0.2) is 0 Å². The van der Waals surface area contributed by atoms with Crippen LogP contribution in [0, 0.1) is 6.92 Å². The largest absolute Gasteiger partial charge is 0.497 e. The first kappa shape index (κ1) is 15.6. The van der Waals surface area contributed by atoms with Gasteiger partial charge in [0, 0.05) is 26.7 Å². The molecular weight excluding hydrogens is 266 g/mol. The number of nitrogens with zero attached hydrogens (tertiary/aromatic N) is 1. The summed E-state index contributed by atoms with van der Waals surface area (Å²) in [6, 6.07) is 6.20. The number of guanidine groups is 1. The summed E-state index contributed by atoms with van der Waals surface area (Å²) >= 11 is 0. The van der Waals surface area contributed by atoms with Crippen LogP contribution >= 0.6 is 0 Å². The van der Waals surface area contributed by atoms with Crippen LogP contribution in [0.4, 0.5) is 0 Å². The predicted molar refractivity (Wildman–Crippen MR) is 84.9 cm³/mol. The Bertz CT molecular complexity index is 482. The van der Waals surface area contributed by atoms with Crippen molar-refractivity contribution in [2.75, 3.05) is 27.3 Å². The first-order valence-electron chi connectivity index (χ1n) is 7.42. The molecule has 0 bridgehead atoms. The Morgan fingerprint density at radius 1 is 1.38 bits per heavy atom. The third-order valence-corrected chi connectivity index (χ3v) is 3.55. The van der Waals surface area contributed by atoms with Crippen molar-refractivity contribution in [3.05, 3.63) is 29.3 Å². The van der Waals surface area contributed by atoms with Crippen LogP contribution in [0.25, 0.3) is 0 Å². The van der Waals surface area contributed by atoms with Crippen molar-refractivity contribution in [1.29, 1.82) is 0 Å². The summed E-state index contributed by atoms with van der Waals surface area (Å²) in [7, 11) is 3.47. The second-order valence-corrected chi connectivity index (χ2v) is 5.30. The summed E-state index contributed by atoms with van der Waals surface area (Å²) in [5, 5.41) is 6.62. The van der Waals surface area contributed by atoms with Crippen LogP contribution in [0.2, 0.25) is 0 Å². The molecule has 0 aliphatic carbocycles. The number of nitrogens with one attached hydrogen (secondary N) is 2. The van der Waals surface area contributed by atoms with Gasteiger partial charge in [-0.2, -0.15) is 0 Å². The molecule has 116 valence electrons. The van der Waals surface area contributed by atoms with Crippen molar-refractivity contribution < 1.29 is 9.47 Å². The molecule has 2 rings (SSSR count). The van der Waals surface area contributed by atoms with Crippen LogP contribution in [-0.4, -0.2) is 39.4 Å². The van der Waals surface area contributed by atoms with E-state index in [1.54, 1.807) is 14.2 Å². The maximum absolute atomic E-state index is 5.59. The average molecular weight is 291 g/mol. The van der Waals surface area contributed by atoms with Crippen molar-refractivity contribution in [1.82, 2.24) is 10.6 Å². The van der Waals surface area contributed by atoms with Crippen molar-refractivity contribution in [2.24, 2.45) is 4.99 Å². The van der Waals surface area contributed by atoms with Gasteiger partial charge in [0.2, 0.25) is 0 Å². The molecule has 1 aliphatic heterocycles. The Morgan fingerprint density at radius 3 is 2.90 bits per heavy atom. The van der Waals surface area contributed by atoms with E-state index in [4.69, 9.17) is 9.47 Å². The Labute approximate surface area is 126 Å². The van der Waals surface area contributed by atoms with Crippen LogP contribution in [0.1, 0.15) is 24.0 Å². The zero-order chi connectivity index (χ0) is 15.1. The quantitative estimate of drug-likeness (QED) is 0.642. The fourth-order valence-corrected chi connectivity index (χ4v) is 2.47. The number of aryl methyl sites for hydroxylation is 1. The molecule has 0 amide bonds. The molecule has 1 aromatic carbocycles. The lowest BCUT2D eigenvalue weighted by molar-refractivity contribution is 0.114. The summed E-state index contributed by atoms with van der Waals surface area (Å²) in [6.07, 6.45) is 2.59. The molecule has 0 aromatic heterocycles. The smallest absolute Gasteiger partial charge is 0.191 e. The van der Waals surface area contributed by atoms with E-state index in [-0.39, 0.29) is 0 Å². The van der Waals surface area contributed by atoms with Gasteiger partial charge in [0.15, 0.2) is 5.96 Å². The molecule has 0 spiro atoms. The summed E-state index contributed by atoms with van der Waals surface area (Å²) in [5.74, 6) is 1.68. The zero-order valence-electron chi connectivity index (χ0n) is 13.1. The lowest BCUT2D eigenvalue weighted by Crippen LogP contribution is -2.40. The van der Waals surface area contributed by atoms with Crippen LogP contribution in [-0.2, 0) is 11.3 Å². The number of benzene rings is 1. The van der Waals surface area contributed by atoms with E-state index in [9.17, 15) is 0 Å². The van der Waals surface area contributed by atoms with Crippen molar-refractivity contribution in [3.63, 3.8) is 0 Å². The number of aliphatic imine (C=N–C) groups is 1. The highest BCUT2D eigenvalue weighted by Crippen LogP contribution is 2.16. The van der Waals surface area contributed by atoms with Gasteiger partial charge in [-0.3, -0.25) is 4.99 Å². The maximum Gasteiger partial charge on any atom is 0.191 e. The molecule has 1 saturated heterocycles. The number of rotatable bonds is 5. The fourth-order valence-electron chi connectivity index (χ4n) is 2.47. The third kappa shape index (κ3) is 4.93. The predicted octanol–water partition coefficient (Wildman–Crippen LogP) is 1.85. The monoisotopic (exact) mass is 291 g/mol. The van der Waals surface area contributed by atoms with E-state index in [1.165, 1.54) is 11.1 Å². The average Bonchev–Trinajstić information content (AvgIpc) is 3.00. The molecule has 0 saturated carbocycles. The van der Waals surface area contributed by atoms with E-state index in [0.717, 1.165) is 37.7 Å². The molecule has 5 nitrogen and oxygen atoms in total. The minimum atomic E-state index is 0.308. The molecule has 1 unspecified atom stereocenters. The van der Waals surface area contributed by atoms with E-state index in [1.807, 2.05) is 12.1 Å². The normalized spacial score (nSPS) is 18.6. The summed E-state index contributed by atoms with van der Waals surface area (Å²) in [5.41, 5.74) is 2.36. The lowest BCUT2D eigenvalue weighted by atomic mass is 10.1. The van der Waals surface area contributed by atoms with Crippen LogP contribution in [0.3, 0.4) is 0 Å². The van der Waals surface area contributed by atoms with Gasteiger partial charge in [0.05, 0.1) is 13.2 Å². The van der Waals surface area contributed by atoms with Gasteiger partial charge >= 0.3 is 0 Å². The summed E-state index contributed by atoms with van der Waals surface area (Å²) in [4.78, 5) is 4.24. The molecule has 1 atom stereocenters. The number of ether oxygens (including phenoxy) is 2. The second kappa shape index (κ2) is 7.88. The van der Waals surface area contributed by atoms with Gasteiger partial charge in [-0.1, -0.05) is 6.07 Å². The number of methoxy groups -OCH3 is 1. The van der Waals surface area contributed by atoms with Crippen molar-refractivity contribution in [3.8, 4) is 5.75 Å². The van der Waals surface area contributed by atoms with Crippen LogP contribution in [0.15, 0.2) is 23.2 Å². The van der Waals surface area contributed by atoms with Crippen molar-refractivity contribution in [2.45, 2.75) is 32.4 Å². The summed E-state index contributed by atoms with van der Waals surface area (Å²) < 4.78 is 10.9. The first-order chi connectivity index (χ1) is 10.2.